The average Bonchev–Trinajstić information content (AvgIpc) is 3.11. The van der Waals surface area contributed by atoms with Gasteiger partial charge in [-0.1, -0.05) is 49.3 Å². The molecule has 0 saturated carbocycles. The van der Waals surface area contributed by atoms with Crippen LogP contribution in [0.1, 0.15) is 70.8 Å². The summed E-state index contributed by atoms with van der Waals surface area (Å²) in [4.78, 5) is 99.7. The van der Waals surface area contributed by atoms with Crippen LogP contribution in [0.3, 0.4) is 0 Å². The molecule has 19 nitrogen and oxygen atoms in total. The maximum Gasteiger partial charge on any atom is 0.305 e. The summed E-state index contributed by atoms with van der Waals surface area (Å²) in [7, 11) is 0. The molecule has 0 spiro atoms. The predicted octanol–water partition coefficient (Wildman–Crippen LogP) is -1.45. The maximum absolute atomic E-state index is 13.8. The summed E-state index contributed by atoms with van der Waals surface area (Å²) < 4.78 is 0. The van der Waals surface area contributed by atoms with Crippen LogP contribution in [0.25, 0.3) is 0 Å². The van der Waals surface area contributed by atoms with Crippen molar-refractivity contribution in [1.82, 2.24) is 31.9 Å². The third-order valence-electron chi connectivity index (χ3n) is 8.04. The first-order valence-electron chi connectivity index (χ1n) is 17.9. The number of hydrogen-bond donors (Lipinski definition) is 9. The molecule has 54 heavy (non-hydrogen) atoms. The first-order valence-corrected chi connectivity index (χ1v) is 17.9. The summed E-state index contributed by atoms with van der Waals surface area (Å²) in [5.74, 6) is -5.50. The lowest BCUT2D eigenvalue weighted by atomic mass is 10.0. The highest BCUT2D eigenvalue weighted by Gasteiger charge is 2.33. The molecule has 0 bridgehead atoms. The second-order valence-electron chi connectivity index (χ2n) is 13.1. The van der Waals surface area contributed by atoms with Gasteiger partial charge < -0.3 is 53.3 Å². The van der Waals surface area contributed by atoms with Crippen LogP contribution in [0.15, 0.2) is 40.5 Å². The number of amides is 6. The van der Waals surface area contributed by atoms with Crippen LogP contribution in [-0.2, 0) is 44.8 Å². The smallest absolute Gasteiger partial charge is 0.305 e. The molecule has 2 rings (SSSR count). The van der Waals surface area contributed by atoms with Crippen molar-refractivity contribution < 1.29 is 43.5 Å². The van der Waals surface area contributed by atoms with Gasteiger partial charge >= 0.3 is 5.97 Å². The van der Waals surface area contributed by atoms with E-state index in [2.05, 4.69) is 55.9 Å². The van der Waals surface area contributed by atoms with Crippen LogP contribution in [-0.4, -0.2) is 109 Å². The minimum Gasteiger partial charge on any atom is -0.481 e. The molecular weight excluding hydrogens is 704 g/mol. The van der Waals surface area contributed by atoms with E-state index in [4.69, 9.17) is 16.3 Å². The summed E-state index contributed by atoms with van der Waals surface area (Å²) in [5.41, 5.74) is 11.4. The van der Waals surface area contributed by atoms with Crippen molar-refractivity contribution in [2.75, 3.05) is 26.2 Å². The topological polar surface area (TPSA) is 298 Å². The Hall–Kier alpha value is -5.75. The van der Waals surface area contributed by atoms with Gasteiger partial charge in [-0.05, 0) is 56.4 Å². The van der Waals surface area contributed by atoms with E-state index >= 15 is 0 Å². The van der Waals surface area contributed by atoms with Crippen LogP contribution in [0.5, 0.6) is 0 Å². The number of carboxylic acids is 1. The Bertz CT molecular complexity index is 1470. The van der Waals surface area contributed by atoms with E-state index in [1.807, 2.05) is 0 Å². The van der Waals surface area contributed by atoms with E-state index < -0.39 is 72.6 Å². The van der Waals surface area contributed by atoms with E-state index in [0.717, 1.165) is 12.8 Å². The van der Waals surface area contributed by atoms with Crippen molar-refractivity contribution in [1.29, 1.82) is 0 Å². The zero-order chi connectivity index (χ0) is 39.9. The van der Waals surface area contributed by atoms with E-state index in [0.29, 0.717) is 24.3 Å². The summed E-state index contributed by atoms with van der Waals surface area (Å²) in [6, 6.07) is 3.38. The summed E-state index contributed by atoms with van der Waals surface area (Å²) in [6.45, 7) is 3.64. The highest BCUT2D eigenvalue weighted by Crippen LogP contribution is 2.09. The number of hydrogen-bond acceptors (Lipinski definition) is 10. The number of nitrogens with two attached hydrogens (primary N) is 2. The molecule has 1 saturated heterocycles. The van der Waals surface area contributed by atoms with Crippen molar-refractivity contribution >= 4 is 53.6 Å². The van der Waals surface area contributed by atoms with Gasteiger partial charge in [0.15, 0.2) is 12.6 Å². The molecule has 11 N–H and O–H groups in total. The minimum absolute atomic E-state index is 0.0379. The van der Waals surface area contributed by atoms with Crippen LogP contribution in [0.2, 0.25) is 0 Å². The van der Waals surface area contributed by atoms with Gasteiger partial charge in [-0.25, -0.2) is 0 Å². The molecule has 0 radical (unpaired) electrons. The number of carboxylic acid groups (broad SMARTS) is 1. The molecule has 1 heterocycles. The molecule has 0 unspecified atom stereocenters. The van der Waals surface area contributed by atoms with E-state index in [1.165, 1.54) is 0 Å². The van der Waals surface area contributed by atoms with Gasteiger partial charge in [0, 0.05) is 25.7 Å². The Morgan fingerprint density at radius 2 is 1.52 bits per heavy atom. The zero-order valence-electron chi connectivity index (χ0n) is 30.8. The van der Waals surface area contributed by atoms with Gasteiger partial charge in [-0.3, -0.25) is 38.6 Å². The van der Waals surface area contributed by atoms with Crippen molar-refractivity contribution in [2.24, 2.45) is 27.5 Å². The fourth-order valence-corrected chi connectivity index (χ4v) is 5.20. The number of nitrogens with zero attached hydrogens (tertiary/aromatic N) is 2. The van der Waals surface area contributed by atoms with Gasteiger partial charge in [0.25, 0.3) is 5.91 Å². The lowest BCUT2D eigenvalue weighted by molar-refractivity contribution is -0.141. The number of benzene rings is 1. The van der Waals surface area contributed by atoms with Gasteiger partial charge in [0.2, 0.25) is 29.5 Å². The first kappa shape index (κ1) is 44.4. The molecule has 1 aromatic carbocycles. The number of rotatable bonds is 19. The number of nitrogens with one attached hydrogen (secondary N) is 6. The molecule has 0 aliphatic carbocycles. The quantitative estimate of drug-likeness (QED) is 0.0340. The van der Waals surface area contributed by atoms with Gasteiger partial charge in [0.1, 0.15) is 24.2 Å². The van der Waals surface area contributed by atoms with E-state index in [9.17, 15) is 38.7 Å². The number of guanidine groups is 1. The van der Waals surface area contributed by atoms with Crippen molar-refractivity contribution in [3.63, 3.8) is 0 Å². The summed E-state index contributed by atoms with van der Waals surface area (Å²) in [6.07, 6.45) is 3.55. The van der Waals surface area contributed by atoms with Gasteiger partial charge in [-0.2, -0.15) is 0 Å². The third kappa shape index (κ3) is 18.7. The molecule has 1 aromatic rings. The Kier molecular flexibility index (Phi) is 20.1. The third-order valence-corrected chi connectivity index (χ3v) is 8.04. The zero-order valence-corrected chi connectivity index (χ0v) is 30.8. The van der Waals surface area contributed by atoms with Crippen molar-refractivity contribution in [3.8, 4) is 0 Å². The lowest BCUT2D eigenvalue weighted by Gasteiger charge is -2.26. The second kappa shape index (κ2) is 24.5. The molecule has 1 aliphatic heterocycles. The molecule has 6 amide bonds. The molecule has 0 aromatic heterocycles. The van der Waals surface area contributed by atoms with Crippen LogP contribution < -0.4 is 43.4 Å². The van der Waals surface area contributed by atoms with Crippen LogP contribution in [0, 0.1) is 5.92 Å². The number of carbonyl (C=O) groups is 7. The lowest BCUT2D eigenvalue weighted by Crippen LogP contribution is -2.58. The molecule has 1 aliphatic rings. The molecule has 1 fully saturated rings. The van der Waals surface area contributed by atoms with Gasteiger partial charge in [0.05, 0.1) is 13.0 Å². The maximum atomic E-state index is 13.8. The number of aliphatic carboxylic acids is 1. The monoisotopic (exact) mass is 758 g/mol. The fourth-order valence-electron chi connectivity index (χ4n) is 5.20. The Balaban J connectivity index is 2.28. The van der Waals surface area contributed by atoms with Crippen molar-refractivity contribution in [2.45, 2.75) is 95.8 Å². The largest absolute Gasteiger partial charge is 0.481 e. The molecule has 298 valence electrons. The number of oxime groups is 1. The number of carbonyl (C=O) groups excluding carboxylic acids is 6. The predicted molar refractivity (Wildman–Crippen MR) is 198 cm³/mol. The van der Waals surface area contributed by atoms with E-state index in [-0.39, 0.29) is 57.2 Å². The Labute approximate surface area is 314 Å². The standard InChI is InChI=1S/C35H54N10O9/c1-22(2)10-8-17-41-54-21-29(47)38-15-7-6-13-25-32(51)43-24(14-9-16-39-35(36)37)31(50)40-20-28(46)42-27(19-30(48)49)34(53)45-26(33(52)44-25)18-23-11-4-3-5-12-23/h3-5,11-12,17,22,24-27H,6-10,13-16,18-21H2,1-2H3,(H,38,47)(H,40,50)(H,42,46)(H,43,51)(H,44,52)(H,45,53)(H,48,49)(H4,36,37,39)/b41-17+/t24-,25-,26+,27-/m0/s1. The highest BCUT2D eigenvalue weighted by molar-refractivity contribution is 5.98. The van der Waals surface area contributed by atoms with Gasteiger partial charge in [-0.15, -0.1) is 0 Å². The normalized spacial score (nSPS) is 20.0. The van der Waals surface area contributed by atoms with Crippen LogP contribution in [0.4, 0.5) is 0 Å². The SMILES string of the molecule is CC(C)CC/C=N/OCC(=O)NCCCC[C@@H]1NC(=O)[C@@H](Cc2ccccc2)NC(=O)[C@H](CC(=O)O)NC(=O)CNC(=O)[C@H](CCCN=C(N)N)NC1=O. The average molecular weight is 759 g/mol. The van der Waals surface area contributed by atoms with Crippen molar-refractivity contribution in [3.05, 3.63) is 35.9 Å². The Morgan fingerprint density at radius 3 is 2.19 bits per heavy atom. The molecular formula is C35H54N10O9. The van der Waals surface area contributed by atoms with Crippen LogP contribution >= 0.6 is 0 Å². The highest BCUT2D eigenvalue weighted by atomic mass is 16.6. The Morgan fingerprint density at radius 1 is 0.889 bits per heavy atom. The molecule has 4 atom stereocenters. The fraction of sp³-hybridized carbons (Fsp3) is 0.571. The molecule has 19 heteroatoms. The second-order valence-corrected chi connectivity index (χ2v) is 13.1. The number of aliphatic imine (C=N–C) groups is 1. The summed E-state index contributed by atoms with van der Waals surface area (Å²) >= 11 is 0. The minimum atomic E-state index is -1.59. The van der Waals surface area contributed by atoms with E-state index in [1.54, 1.807) is 36.5 Å². The number of unbranched alkanes of at least 4 members (excludes halogenated alkanes) is 1. The summed E-state index contributed by atoms with van der Waals surface area (Å²) in [5, 5.41) is 28.5. The first-order chi connectivity index (χ1) is 25.7.